The average molecular weight is 1220 g/mol. The Morgan fingerprint density at radius 1 is 0.617 bits per heavy atom. The number of phenolic OH excluding ortho intramolecular Hbond substituents is 2. The molecule has 23 heteroatoms. The number of nitrogens with zero attached hydrogens (tertiary/aromatic N) is 1. The van der Waals surface area contributed by atoms with Crippen LogP contribution in [0.5, 0.6) is 11.5 Å². The number of unbranched alkanes of at least 4 members (excludes halogenated alkanes) is 6. The highest BCUT2D eigenvalue weighted by Gasteiger charge is 2.50. The number of para-hydroxylation sites is 2. The molecule has 3 aliphatic heterocycles. The monoisotopic (exact) mass is 1220 g/mol. The fourth-order valence-electron chi connectivity index (χ4n) is 11.0. The van der Waals surface area contributed by atoms with Gasteiger partial charge in [-0.3, -0.25) is 14.5 Å². The minimum atomic E-state index is -1.54. The van der Waals surface area contributed by atoms with Crippen LogP contribution in [0.4, 0.5) is 0 Å². The molecule has 1 aliphatic carbocycles. The van der Waals surface area contributed by atoms with Crippen molar-refractivity contribution in [3.05, 3.63) is 59.7 Å². The van der Waals surface area contributed by atoms with Gasteiger partial charge in [0.2, 0.25) is 11.8 Å². The Morgan fingerprint density at radius 3 is 1.51 bits per heavy atom. The van der Waals surface area contributed by atoms with E-state index >= 15 is 0 Å². The van der Waals surface area contributed by atoms with Gasteiger partial charge < -0.3 is 70.4 Å². The van der Waals surface area contributed by atoms with Gasteiger partial charge >= 0.3 is 11.9 Å². The maximum atomic E-state index is 13.4. The standard InChI is InChI=1S/C29H45ClN2O8S.C29H44ClNO8S/c1-4-5-6-7-10-18-15-20(32(3)16-18)27(37)31-22(17(2)30)26-24(35)23(34)25(36)29(40-26)41-14-13-39-28(38)19-11-8-9-12-21(19)33;1-3-4-5-6-9-18-12-13-19(16-18)27(36)31-22(17(2)30)26-24(34)23(33)25(35)29(39-26)40-15-14-38-28(37)20-10-7-8-11-21(20)32/h8-9,11-12,17-18,20,22-26,29,33-36H,4-7,10,13-16H2,1-3H3,(H,31,37);7-8,10-11,17-19,22-26,29,32-35H,3-6,9,12-16H2,1-2H3,(H,31,36)/t17-,18+,20-,22+,23-,24+,25+,26+,29+;17-,18-,19-,22+,23-,24+,25+,26+,29+/m00/s1. The summed E-state index contributed by atoms with van der Waals surface area (Å²) >= 11 is 15.1. The number of likely N-dealkylation sites (tertiary alicyclic amines) is 1. The number of phenols is 2. The molecule has 18 atom stereocenters. The summed E-state index contributed by atoms with van der Waals surface area (Å²) in [5.41, 5.74) is -1.85. The third kappa shape index (κ3) is 20.2. The Morgan fingerprint density at radius 2 is 1.06 bits per heavy atom. The predicted octanol–water partition coefficient (Wildman–Crippen LogP) is 6.08. The number of hydrogen-bond donors (Lipinski definition) is 10. The molecule has 19 nitrogen and oxygen atoms in total. The van der Waals surface area contributed by atoms with Crippen molar-refractivity contribution >= 4 is 70.5 Å². The van der Waals surface area contributed by atoms with Crippen LogP contribution in [0.2, 0.25) is 0 Å². The van der Waals surface area contributed by atoms with Crippen molar-refractivity contribution in [2.24, 2.45) is 17.8 Å². The van der Waals surface area contributed by atoms with Crippen LogP contribution in [0, 0.1) is 17.8 Å². The smallest absolute Gasteiger partial charge is 0.341 e. The Hall–Kier alpha value is -3.16. The number of ether oxygens (including phenoxy) is 4. The number of carbonyl (C=O) groups excluding carboxylic acids is 4. The molecule has 1 saturated carbocycles. The van der Waals surface area contributed by atoms with Gasteiger partial charge in [0.1, 0.15) is 95.5 Å². The van der Waals surface area contributed by atoms with Crippen LogP contribution in [-0.2, 0) is 28.5 Å². The molecule has 10 N–H and O–H groups in total. The summed E-state index contributed by atoms with van der Waals surface area (Å²) in [5.74, 6) is -0.839. The molecule has 3 heterocycles. The first-order valence-electron chi connectivity index (χ1n) is 28.8. The second-order valence-corrected chi connectivity index (χ2v) is 25.8. The molecular formula is C58H89Cl2N3O16S2. The lowest BCUT2D eigenvalue weighted by Gasteiger charge is -2.44. The number of nitrogens with one attached hydrogen (secondary N) is 2. The molecule has 81 heavy (non-hydrogen) atoms. The van der Waals surface area contributed by atoms with E-state index in [2.05, 4.69) is 24.5 Å². The van der Waals surface area contributed by atoms with Gasteiger partial charge in [0.15, 0.2) is 0 Å². The minimum absolute atomic E-state index is 0.0375. The number of halogens is 2. The Kier molecular flexibility index (Phi) is 29.4. The van der Waals surface area contributed by atoms with E-state index < -0.39 is 94.5 Å². The third-order valence-electron chi connectivity index (χ3n) is 15.8. The molecule has 6 rings (SSSR count). The number of aliphatic hydroxyl groups is 6. The van der Waals surface area contributed by atoms with Crippen molar-refractivity contribution in [2.75, 3.05) is 38.3 Å². The van der Waals surface area contributed by atoms with E-state index in [-0.39, 0.29) is 71.1 Å². The highest BCUT2D eigenvalue weighted by atomic mass is 35.5. The third-order valence-corrected chi connectivity index (χ3v) is 18.5. The van der Waals surface area contributed by atoms with Crippen molar-refractivity contribution in [2.45, 2.75) is 206 Å². The summed E-state index contributed by atoms with van der Waals surface area (Å²) < 4.78 is 22.4. The Balaban J connectivity index is 0.000000297. The van der Waals surface area contributed by atoms with E-state index in [1.807, 2.05) is 11.9 Å². The topological polar surface area (TPSA) is 294 Å². The van der Waals surface area contributed by atoms with E-state index in [4.69, 9.17) is 42.1 Å². The van der Waals surface area contributed by atoms with Crippen LogP contribution >= 0.6 is 46.7 Å². The number of aliphatic hydroxyl groups excluding tert-OH is 6. The zero-order chi connectivity index (χ0) is 59.3. The number of benzene rings is 2. The van der Waals surface area contributed by atoms with Gasteiger partial charge in [-0.15, -0.1) is 46.7 Å². The number of alkyl halides is 2. The lowest BCUT2D eigenvalue weighted by atomic mass is 9.92. The van der Waals surface area contributed by atoms with E-state index in [9.17, 15) is 60.0 Å². The maximum Gasteiger partial charge on any atom is 0.341 e. The number of amides is 2. The van der Waals surface area contributed by atoms with Gasteiger partial charge in [-0.2, -0.15) is 0 Å². The van der Waals surface area contributed by atoms with Crippen molar-refractivity contribution in [1.82, 2.24) is 15.5 Å². The number of thioether (sulfide) groups is 2. The van der Waals surface area contributed by atoms with Gasteiger partial charge in [0.05, 0.1) is 28.9 Å². The van der Waals surface area contributed by atoms with Gasteiger partial charge in [0, 0.05) is 24.0 Å². The van der Waals surface area contributed by atoms with Gasteiger partial charge in [0.25, 0.3) is 0 Å². The molecule has 0 unspecified atom stereocenters. The average Bonchev–Trinajstić information content (AvgIpc) is 4.23. The molecule has 458 valence electrons. The lowest BCUT2D eigenvalue weighted by molar-refractivity contribution is -0.205. The van der Waals surface area contributed by atoms with Gasteiger partial charge in [-0.25, -0.2) is 9.59 Å². The van der Waals surface area contributed by atoms with Crippen molar-refractivity contribution in [3.8, 4) is 11.5 Å². The molecule has 2 aromatic carbocycles. The van der Waals surface area contributed by atoms with E-state index in [0.29, 0.717) is 11.8 Å². The van der Waals surface area contributed by atoms with Crippen LogP contribution in [0.25, 0.3) is 0 Å². The van der Waals surface area contributed by atoms with E-state index in [0.717, 1.165) is 75.0 Å². The fourth-order valence-corrected chi connectivity index (χ4v) is 13.4. The summed E-state index contributed by atoms with van der Waals surface area (Å²) in [5, 5.41) is 88.1. The molecule has 2 aromatic rings. The summed E-state index contributed by atoms with van der Waals surface area (Å²) in [6.45, 7) is 8.48. The first-order valence-corrected chi connectivity index (χ1v) is 31.8. The van der Waals surface area contributed by atoms with Crippen molar-refractivity contribution < 1.29 is 79.0 Å². The maximum absolute atomic E-state index is 13.4. The van der Waals surface area contributed by atoms with Gasteiger partial charge in [-0.05, 0) is 89.1 Å². The van der Waals surface area contributed by atoms with Crippen LogP contribution in [-0.4, -0.2) is 196 Å². The number of carbonyl (C=O) groups is 4. The van der Waals surface area contributed by atoms with Crippen molar-refractivity contribution in [1.29, 1.82) is 0 Å². The van der Waals surface area contributed by atoms with E-state index in [1.54, 1.807) is 38.1 Å². The predicted molar refractivity (Wildman–Crippen MR) is 312 cm³/mol. The Labute approximate surface area is 495 Å². The lowest BCUT2D eigenvalue weighted by Crippen LogP contribution is -2.65. The zero-order valence-electron chi connectivity index (χ0n) is 47.3. The number of aromatic hydroxyl groups is 2. The highest BCUT2D eigenvalue weighted by Crippen LogP contribution is 2.37. The summed E-state index contributed by atoms with van der Waals surface area (Å²) in [7, 11) is 1.93. The number of hydrogen-bond acceptors (Lipinski definition) is 19. The second-order valence-electron chi connectivity index (χ2n) is 22.0. The number of esters is 2. The SMILES string of the molecule is CCCCCC[C@@H]1C[C@@H](C(=O)N[C@@H]([C@H]2O[C@H](SCCOC(=O)c3ccccc3O)[C@H](O)[C@@H](O)[C@H]2O)[C@H](C)Cl)N(C)C1.CCCCCC[C@H]1CC[C@H](C(=O)N[C@@H]([C@H]2O[C@H](SCCOC(=O)c3ccccc3O)[C@H](O)[C@@H](O)[C@H]2O)[C@H](C)Cl)C1. The van der Waals surface area contributed by atoms with E-state index in [1.165, 1.54) is 69.2 Å². The number of likely N-dealkylation sites (N-methyl/N-ethyl adjacent to an activating group) is 1. The molecule has 3 saturated heterocycles. The first-order chi connectivity index (χ1) is 38.7. The van der Waals surface area contributed by atoms with Gasteiger partial charge in [-0.1, -0.05) is 95.9 Å². The molecule has 4 aliphatic rings. The normalized spacial score (nSPS) is 30.0. The number of rotatable bonds is 28. The summed E-state index contributed by atoms with van der Waals surface area (Å²) in [4.78, 5) is 53.0. The zero-order valence-corrected chi connectivity index (χ0v) is 50.5. The minimum Gasteiger partial charge on any atom is -0.507 e. The highest BCUT2D eigenvalue weighted by molar-refractivity contribution is 8.00. The second kappa shape index (κ2) is 34.7. The molecular weight excluding hydrogens is 1130 g/mol. The molecule has 0 spiro atoms. The molecule has 0 radical (unpaired) electrons. The van der Waals surface area contributed by atoms with Crippen LogP contribution in [0.1, 0.15) is 138 Å². The quantitative estimate of drug-likeness (QED) is 0.0262. The molecule has 4 fully saturated rings. The van der Waals surface area contributed by atoms with Crippen LogP contribution in [0.15, 0.2) is 48.5 Å². The largest absolute Gasteiger partial charge is 0.507 e. The fraction of sp³-hybridized carbons (Fsp3) is 0.724. The van der Waals surface area contributed by atoms with Crippen LogP contribution < -0.4 is 10.6 Å². The van der Waals surface area contributed by atoms with Crippen LogP contribution in [0.3, 0.4) is 0 Å². The summed E-state index contributed by atoms with van der Waals surface area (Å²) in [6, 6.07) is 10.1. The summed E-state index contributed by atoms with van der Waals surface area (Å²) in [6.07, 6.45) is 4.22. The first kappa shape index (κ1) is 68.6. The van der Waals surface area contributed by atoms with Crippen molar-refractivity contribution in [3.63, 3.8) is 0 Å². The molecule has 0 aromatic heterocycles. The molecule has 2 amide bonds. The molecule has 0 bridgehead atoms. The Bertz CT molecular complexity index is 2240.